The molecule has 0 aromatic heterocycles. The molecule has 0 fully saturated rings. The molecule has 0 bridgehead atoms. The van der Waals surface area contributed by atoms with Gasteiger partial charge < -0.3 is 21.8 Å². The van der Waals surface area contributed by atoms with E-state index in [0.29, 0.717) is 16.5 Å². The van der Waals surface area contributed by atoms with Gasteiger partial charge in [-0.05, 0) is 23.3 Å². The number of allylic oxidation sites excluding steroid dienone is 1. The van der Waals surface area contributed by atoms with Gasteiger partial charge in [0.15, 0.2) is 0 Å². The number of carbonyl (C=O) groups excluding carboxylic acids is 2. The standard InChI is InChI=1S/C16H15Cl2N5O2/c17-11-2-1-10(13(18)4-11)3-9-6-21-15(22-7-9)12(5-19)16(25)23-8-14(20)24/h1-2,4-7,19,21H,3,8H2,(H2,20,24)(H,23,25)/b15-12-,19-5?. The van der Waals surface area contributed by atoms with Gasteiger partial charge in [-0.1, -0.05) is 29.3 Å². The van der Waals surface area contributed by atoms with Gasteiger partial charge in [0.05, 0.1) is 12.1 Å². The molecule has 0 unspecified atom stereocenters. The number of nitrogens with one attached hydrogen (secondary N) is 3. The Hall–Kier alpha value is -2.64. The van der Waals surface area contributed by atoms with Crippen LogP contribution < -0.4 is 16.4 Å². The van der Waals surface area contributed by atoms with Crippen LogP contribution in [0.4, 0.5) is 0 Å². The molecule has 9 heteroatoms. The Kier molecular flexibility index (Phi) is 6.32. The Morgan fingerprint density at radius 2 is 2.12 bits per heavy atom. The molecule has 2 amide bonds. The van der Waals surface area contributed by atoms with Crippen LogP contribution in [0.3, 0.4) is 0 Å². The third-order valence-electron chi connectivity index (χ3n) is 3.23. The normalized spacial score (nSPS) is 15.0. The van der Waals surface area contributed by atoms with Crippen LogP contribution in [0.1, 0.15) is 5.56 Å². The van der Waals surface area contributed by atoms with Crippen LogP contribution in [-0.4, -0.2) is 30.8 Å². The molecule has 0 radical (unpaired) electrons. The quantitative estimate of drug-likeness (QED) is 0.443. The van der Waals surface area contributed by atoms with E-state index in [1.54, 1.807) is 24.5 Å². The van der Waals surface area contributed by atoms with Crippen molar-refractivity contribution in [2.45, 2.75) is 6.42 Å². The van der Waals surface area contributed by atoms with Crippen molar-refractivity contribution < 1.29 is 9.59 Å². The Balaban J connectivity index is 2.09. The molecule has 0 spiro atoms. The Morgan fingerprint density at radius 1 is 1.36 bits per heavy atom. The largest absolute Gasteiger partial charge is 0.368 e. The summed E-state index contributed by atoms with van der Waals surface area (Å²) in [4.78, 5) is 26.8. The van der Waals surface area contributed by atoms with E-state index in [-0.39, 0.29) is 17.9 Å². The van der Waals surface area contributed by atoms with Crippen molar-refractivity contribution in [3.63, 3.8) is 0 Å². The van der Waals surface area contributed by atoms with Gasteiger partial charge in [-0.3, -0.25) is 9.59 Å². The Labute approximate surface area is 154 Å². The van der Waals surface area contributed by atoms with E-state index in [1.165, 1.54) is 0 Å². The molecule has 1 aromatic carbocycles. The van der Waals surface area contributed by atoms with Crippen molar-refractivity contribution in [3.8, 4) is 0 Å². The first-order valence-corrected chi connectivity index (χ1v) is 7.91. The monoisotopic (exact) mass is 379 g/mol. The number of benzene rings is 1. The molecule has 1 aliphatic heterocycles. The highest BCUT2D eigenvalue weighted by Gasteiger charge is 2.15. The van der Waals surface area contributed by atoms with E-state index in [0.717, 1.165) is 17.4 Å². The molecule has 130 valence electrons. The maximum absolute atomic E-state index is 11.9. The molecule has 25 heavy (non-hydrogen) atoms. The average molecular weight is 380 g/mol. The molecule has 1 heterocycles. The molecule has 0 saturated heterocycles. The predicted octanol–water partition coefficient (Wildman–Crippen LogP) is 1.56. The van der Waals surface area contributed by atoms with E-state index >= 15 is 0 Å². The highest BCUT2D eigenvalue weighted by atomic mass is 35.5. The van der Waals surface area contributed by atoms with E-state index in [2.05, 4.69) is 15.6 Å². The molecular weight excluding hydrogens is 365 g/mol. The maximum Gasteiger partial charge on any atom is 0.257 e. The second-order valence-electron chi connectivity index (χ2n) is 5.09. The lowest BCUT2D eigenvalue weighted by molar-refractivity contribution is -0.122. The van der Waals surface area contributed by atoms with Crippen LogP contribution >= 0.6 is 23.2 Å². The van der Waals surface area contributed by atoms with Gasteiger partial charge >= 0.3 is 0 Å². The number of hydrogen-bond donors (Lipinski definition) is 4. The summed E-state index contributed by atoms with van der Waals surface area (Å²) in [5.74, 6) is -1.10. The van der Waals surface area contributed by atoms with Gasteiger partial charge in [-0.25, -0.2) is 4.99 Å². The second kappa shape index (κ2) is 8.46. The first kappa shape index (κ1) is 18.7. The number of hydrogen-bond acceptors (Lipinski definition) is 5. The molecular formula is C16H15Cl2N5O2. The van der Waals surface area contributed by atoms with Crippen LogP contribution in [0.5, 0.6) is 0 Å². The summed E-state index contributed by atoms with van der Waals surface area (Å²) in [6.07, 6.45) is 4.61. The fourth-order valence-corrected chi connectivity index (χ4v) is 2.49. The van der Waals surface area contributed by atoms with Gasteiger partial charge in [0.1, 0.15) is 5.82 Å². The van der Waals surface area contributed by atoms with Gasteiger partial charge in [-0.2, -0.15) is 0 Å². The van der Waals surface area contributed by atoms with Crippen molar-refractivity contribution in [3.05, 3.63) is 57.0 Å². The number of primary amides is 1. The smallest absolute Gasteiger partial charge is 0.257 e. The summed E-state index contributed by atoms with van der Waals surface area (Å²) in [6, 6.07) is 5.23. The third kappa shape index (κ3) is 5.17. The van der Waals surface area contributed by atoms with Crippen LogP contribution in [0.25, 0.3) is 0 Å². The van der Waals surface area contributed by atoms with E-state index in [9.17, 15) is 9.59 Å². The number of carbonyl (C=O) groups is 2. The maximum atomic E-state index is 11.9. The number of halogens is 2. The van der Waals surface area contributed by atoms with Crippen molar-refractivity contribution in [2.24, 2.45) is 10.7 Å². The molecule has 7 nitrogen and oxygen atoms in total. The number of aliphatic imine (C=N–C) groups is 1. The predicted molar refractivity (Wildman–Crippen MR) is 97.9 cm³/mol. The lowest BCUT2D eigenvalue weighted by atomic mass is 10.1. The summed E-state index contributed by atoms with van der Waals surface area (Å²) in [5, 5.41) is 13.6. The van der Waals surface area contributed by atoms with E-state index in [1.807, 2.05) is 6.07 Å². The summed E-state index contributed by atoms with van der Waals surface area (Å²) < 4.78 is 0. The zero-order valence-corrected chi connectivity index (χ0v) is 14.5. The Bertz CT molecular complexity index is 815. The molecule has 2 rings (SSSR count). The third-order valence-corrected chi connectivity index (χ3v) is 3.82. The van der Waals surface area contributed by atoms with Crippen molar-refractivity contribution in [1.29, 1.82) is 5.41 Å². The van der Waals surface area contributed by atoms with Crippen molar-refractivity contribution in [1.82, 2.24) is 10.6 Å². The molecule has 0 atom stereocenters. The summed E-state index contributed by atoms with van der Waals surface area (Å²) in [5.41, 5.74) is 6.66. The fraction of sp³-hybridized carbons (Fsp3) is 0.125. The number of rotatable bonds is 6. The first-order valence-electron chi connectivity index (χ1n) is 7.15. The van der Waals surface area contributed by atoms with Gasteiger partial charge in [0, 0.05) is 35.1 Å². The average Bonchev–Trinajstić information content (AvgIpc) is 2.57. The summed E-state index contributed by atoms with van der Waals surface area (Å²) >= 11 is 12.0. The Morgan fingerprint density at radius 3 is 2.68 bits per heavy atom. The minimum absolute atomic E-state index is 0.0164. The molecule has 1 aromatic rings. The van der Waals surface area contributed by atoms with Crippen LogP contribution in [0, 0.1) is 5.41 Å². The molecule has 0 saturated carbocycles. The summed E-state index contributed by atoms with van der Waals surface area (Å²) in [6.45, 7) is -0.316. The fourth-order valence-electron chi connectivity index (χ4n) is 2.02. The van der Waals surface area contributed by atoms with Crippen molar-refractivity contribution >= 4 is 47.4 Å². The molecule has 0 aliphatic carbocycles. The number of nitrogens with zero attached hydrogens (tertiary/aromatic N) is 1. The number of nitrogens with two attached hydrogens (primary N) is 1. The van der Waals surface area contributed by atoms with Crippen LogP contribution in [0.2, 0.25) is 10.0 Å². The SMILES string of the molecule is N=C/C(C(=O)NCC(N)=O)=C1/N=CC(Cc2ccc(Cl)cc2Cl)=CN1. The van der Waals surface area contributed by atoms with Crippen LogP contribution in [-0.2, 0) is 16.0 Å². The van der Waals surface area contributed by atoms with Gasteiger partial charge in [0.25, 0.3) is 5.91 Å². The second-order valence-corrected chi connectivity index (χ2v) is 5.93. The lowest BCUT2D eigenvalue weighted by Gasteiger charge is -2.14. The number of amides is 2. The van der Waals surface area contributed by atoms with Crippen LogP contribution in [0.15, 0.2) is 46.4 Å². The minimum atomic E-state index is -0.676. The zero-order chi connectivity index (χ0) is 18.4. The molecule has 1 aliphatic rings. The highest BCUT2D eigenvalue weighted by Crippen LogP contribution is 2.23. The lowest BCUT2D eigenvalue weighted by Crippen LogP contribution is -2.35. The van der Waals surface area contributed by atoms with E-state index in [4.69, 9.17) is 34.3 Å². The zero-order valence-electron chi connectivity index (χ0n) is 13.0. The topological polar surface area (TPSA) is 120 Å². The van der Waals surface area contributed by atoms with Gasteiger partial charge in [0.2, 0.25) is 5.91 Å². The highest BCUT2D eigenvalue weighted by molar-refractivity contribution is 6.35. The minimum Gasteiger partial charge on any atom is -0.368 e. The van der Waals surface area contributed by atoms with Gasteiger partial charge in [-0.15, -0.1) is 0 Å². The summed E-state index contributed by atoms with van der Waals surface area (Å²) in [7, 11) is 0. The van der Waals surface area contributed by atoms with E-state index < -0.39 is 11.8 Å². The molecule has 5 N–H and O–H groups in total. The van der Waals surface area contributed by atoms with Crippen molar-refractivity contribution in [2.75, 3.05) is 6.54 Å². The first-order chi connectivity index (χ1) is 11.9.